The lowest BCUT2D eigenvalue weighted by atomic mass is 9.98. The highest BCUT2D eigenvalue weighted by Crippen LogP contribution is 2.30. The second kappa shape index (κ2) is 10.2. The summed E-state index contributed by atoms with van der Waals surface area (Å²) < 4.78 is 30.5. The van der Waals surface area contributed by atoms with E-state index in [0.717, 1.165) is 30.8 Å². The van der Waals surface area contributed by atoms with Crippen LogP contribution in [-0.4, -0.2) is 97.0 Å². The second-order valence-corrected chi connectivity index (χ2v) is 12.3. The van der Waals surface area contributed by atoms with Crippen LogP contribution in [0, 0.1) is 19.8 Å². The molecule has 0 saturated carbocycles. The van der Waals surface area contributed by atoms with Gasteiger partial charge in [-0.15, -0.1) is 0 Å². The van der Waals surface area contributed by atoms with Crippen LogP contribution in [0.5, 0.6) is 0 Å². The van der Waals surface area contributed by atoms with Gasteiger partial charge in [0.25, 0.3) is 0 Å². The maximum absolute atomic E-state index is 13.8. The summed E-state index contributed by atoms with van der Waals surface area (Å²) in [6.45, 7) is 7.54. The zero-order valence-corrected chi connectivity index (χ0v) is 22.7. The van der Waals surface area contributed by atoms with Crippen LogP contribution in [-0.2, 0) is 32.6 Å². The Balaban J connectivity index is 1.31. The fraction of sp³-hybridized carbons (Fsp3) is 0.577. The smallest absolute Gasteiger partial charge is 0.248 e. The molecule has 200 valence electrons. The molecule has 2 fully saturated rings. The number of benzene rings is 1. The Bertz CT molecular complexity index is 1300. The van der Waals surface area contributed by atoms with E-state index in [2.05, 4.69) is 10.00 Å². The molecule has 0 bridgehead atoms. The minimum Gasteiger partial charge on any atom is -0.340 e. The lowest BCUT2D eigenvalue weighted by Gasteiger charge is -2.37. The Morgan fingerprint density at radius 2 is 1.76 bits per heavy atom. The highest BCUT2D eigenvalue weighted by Gasteiger charge is 2.38. The molecule has 1 atom stereocenters. The van der Waals surface area contributed by atoms with E-state index in [1.54, 1.807) is 18.7 Å². The van der Waals surface area contributed by atoms with Gasteiger partial charge in [0.2, 0.25) is 21.8 Å². The van der Waals surface area contributed by atoms with Gasteiger partial charge in [-0.25, -0.2) is 8.42 Å². The Kier molecular flexibility index (Phi) is 7.12. The summed E-state index contributed by atoms with van der Waals surface area (Å²) in [5, 5.41) is 4.46. The summed E-state index contributed by atoms with van der Waals surface area (Å²) in [6.07, 6.45) is 2.14. The van der Waals surface area contributed by atoms with Gasteiger partial charge in [0.15, 0.2) is 0 Å². The molecule has 1 aromatic carbocycles. The number of hydrogen-bond donors (Lipinski definition) is 0. The molecule has 11 heteroatoms. The number of amides is 2. The van der Waals surface area contributed by atoms with Crippen LogP contribution in [0.4, 0.5) is 5.69 Å². The van der Waals surface area contributed by atoms with Crippen molar-refractivity contribution in [3.8, 4) is 0 Å². The van der Waals surface area contributed by atoms with Crippen molar-refractivity contribution in [1.82, 2.24) is 23.9 Å². The largest absolute Gasteiger partial charge is 0.340 e. The van der Waals surface area contributed by atoms with Crippen molar-refractivity contribution in [1.29, 1.82) is 0 Å². The molecule has 37 heavy (non-hydrogen) atoms. The molecule has 2 aromatic rings. The van der Waals surface area contributed by atoms with Gasteiger partial charge in [-0.05, 0) is 51.8 Å². The van der Waals surface area contributed by atoms with E-state index in [0.29, 0.717) is 50.4 Å². The van der Waals surface area contributed by atoms with E-state index in [4.69, 9.17) is 0 Å². The first-order chi connectivity index (χ1) is 17.7. The SMILES string of the molecule is Cc1nn(CC(=O)N2CCc3ccccc32)c(C)c1S(=O)(=O)N1CCC[C@@H](C(=O)N2CCN(C)CC2)C1. The third kappa shape index (κ3) is 4.92. The van der Waals surface area contributed by atoms with Crippen LogP contribution in [0.25, 0.3) is 0 Å². The highest BCUT2D eigenvalue weighted by molar-refractivity contribution is 7.89. The molecule has 0 spiro atoms. The topological polar surface area (TPSA) is 99.1 Å². The number of nitrogens with zero attached hydrogens (tertiary/aromatic N) is 6. The Hall–Kier alpha value is -2.76. The average Bonchev–Trinajstić information content (AvgIpc) is 3.44. The lowest BCUT2D eigenvalue weighted by molar-refractivity contribution is -0.138. The molecule has 0 aliphatic carbocycles. The molecule has 3 aliphatic rings. The molecule has 1 aromatic heterocycles. The number of aryl methyl sites for hydroxylation is 1. The quantitative estimate of drug-likeness (QED) is 0.580. The first kappa shape index (κ1) is 25.9. The zero-order valence-electron chi connectivity index (χ0n) is 21.9. The van der Waals surface area contributed by atoms with Crippen LogP contribution in [0.15, 0.2) is 29.2 Å². The summed E-state index contributed by atoms with van der Waals surface area (Å²) >= 11 is 0. The predicted octanol–water partition coefficient (Wildman–Crippen LogP) is 1.26. The molecule has 10 nitrogen and oxygen atoms in total. The number of carbonyl (C=O) groups excluding carboxylic acids is 2. The molecule has 2 saturated heterocycles. The van der Waals surface area contributed by atoms with E-state index in [1.807, 2.05) is 36.2 Å². The Morgan fingerprint density at radius 1 is 1.03 bits per heavy atom. The third-order valence-corrected chi connectivity index (χ3v) is 10.1. The van der Waals surface area contributed by atoms with E-state index >= 15 is 0 Å². The molecule has 4 heterocycles. The van der Waals surface area contributed by atoms with Gasteiger partial charge in [-0.3, -0.25) is 14.3 Å². The number of hydrogen-bond acceptors (Lipinski definition) is 6. The maximum atomic E-state index is 13.8. The standard InChI is InChI=1S/C26H36N6O4S/c1-19-25(20(2)32(27-19)18-24(33)31-12-10-21-7-4-5-9-23(21)31)37(35,36)30-11-6-8-22(17-30)26(34)29-15-13-28(3)14-16-29/h4-5,7,9,22H,6,8,10-18H2,1-3H3/t22-/m1/s1. The first-order valence-electron chi connectivity index (χ1n) is 13.1. The fourth-order valence-electron chi connectivity index (χ4n) is 5.79. The van der Waals surface area contributed by atoms with Crippen LogP contribution in [0.2, 0.25) is 0 Å². The van der Waals surface area contributed by atoms with Crippen molar-refractivity contribution in [2.24, 2.45) is 5.92 Å². The van der Waals surface area contributed by atoms with Gasteiger partial charge in [-0.2, -0.15) is 9.40 Å². The fourth-order valence-corrected chi connectivity index (χ4v) is 7.69. The molecule has 5 rings (SSSR count). The van der Waals surface area contributed by atoms with Gasteiger partial charge in [0.1, 0.15) is 11.4 Å². The summed E-state index contributed by atoms with van der Waals surface area (Å²) in [7, 11) is -1.82. The van der Waals surface area contributed by atoms with Gasteiger partial charge < -0.3 is 14.7 Å². The van der Waals surface area contributed by atoms with Crippen molar-refractivity contribution >= 4 is 27.5 Å². The highest BCUT2D eigenvalue weighted by atomic mass is 32.2. The van der Waals surface area contributed by atoms with Gasteiger partial charge in [0, 0.05) is 51.5 Å². The number of anilines is 1. The van der Waals surface area contributed by atoms with Crippen molar-refractivity contribution in [2.45, 2.75) is 44.6 Å². The summed E-state index contributed by atoms with van der Waals surface area (Å²) in [4.78, 5) is 32.3. The monoisotopic (exact) mass is 528 g/mol. The van der Waals surface area contributed by atoms with E-state index in [1.165, 1.54) is 8.99 Å². The number of likely N-dealkylation sites (N-methyl/N-ethyl adjacent to an activating group) is 1. The Morgan fingerprint density at radius 3 is 2.51 bits per heavy atom. The van der Waals surface area contributed by atoms with Crippen molar-refractivity contribution in [2.75, 3.05) is 57.8 Å². The minimum atomic E-state index is -3.87. The Labute approximate surface area is 218 Å². The number of fused-ring (bicyclic) bond motifs is 1. The van der Waals surface area contributed by atoms with Gasteiger partial charge >= 0.3 is 0 Å². The minimum absolute atomic E-state index is 0.0267. The van der Waals surface area contributed by atoms with Crippen LogP contribution < -0.4 is 4.90 Å². The van der Waals surface area contributed by atoms with E-state index in [9.17, 15) is 18.0 Å². The van der Waals surface area contributed by atoms with Gasteiger partial charge in [0.05, 0.1) is 17.3 Å². The van der Waals surface area contributed by atoms with Crippen LogP contribution >= 0.6 is 0 Å². The molecule has 3 aliphatic heterocycles. The number of sulfonamides is 1. The lowest BCUT2D eigenvalue weighted by Crippen LogP contribution is -2.52. The molecule has 0 N–H and O–H groups in total. The predicted molar refractivity (Wildman–Crippen MR) is 140 cm³/mol. The zero-order chi connectivity index (χ0) is 26.3. The number of para-hydroxylation sites is 1. The number of piperidine rings is 1. The normalized spacial score (nSPS) is 21.3. The number of aromatic nitrogens is 2. The van der Waals surface area contributed by atoms with E-state index < -0.39 is 10.0 Å². The first-order valence-corrected chi connectivity index (χ1v) is 14.5. The van der Waals surface area contributed by atoms with Crippen molar-refractivity contribution < 1.29 is 18.0 Å². The van der Waals surface area contributed by atoms with Crippen molar-refractivity contribution in [3.63, 3.8) is 0 Å². The number of carbonyl (C=O) groups is 2. The van der Waals surface area contributed by atoms with Gasteiger partial charge in [-0.1, -0.05) is 18.2 Å². The third-order valence-electron chi connectivity index (χ3n) is 7.93. The molecular formula is C26H36N6O4S. The van der Waals surface area contributed by atoms with Crippen molar-refractivity contribution in [3.05, 3.63) is 41.2 Å². The molecular weight excluding hydrogens is 492 g/mol. The summed E-state index contributed by atoms with van der Waals surface area (Å²) in [5.41, 5.74) is 2.87. The van der Waals surface area contributed by atoms with Crippen LogP contribution in [0.1, 0.15) is 29.8 Å². The number of piperazine rings is 1. The molecule has 0 radical (unpaired) electrons. The summed E-state index contributed by atoms with van der Waals surface area (Å²) in [6, 6.07) is 7.85. The molecule has 2 amide bonds. The second-order valence-electron chi connectivity index (χ2n) is 10.4. The van der Waals surface area contributed by atoms with Crippen LogP contribution in [0.3, 0.4) is 0 Å². The molecule has 0 unspecified atom stereocenters. The number of rotatable bonds is 5. The van der Waals surface area contributed by atoms with E-state index in [-0.39, 0.29) is 35.7 Å². The average molecular weight is 529 g/mol. The maximum Gasteiger partial charge on any atom is 0.248 e. The summed E-state index contributed by atoms with van der Waals surface area (Å²) in [5.74, 6) is -0.400.